The second-order valence-electron chi connectivity index (χ2n) is 5.56. The zero-order chi connectivity index (χ0) is 15.4. The number of nitriles is 1. The summed E-state index contributed by atoms with van der Waals surface area (Å²) in [7, 11) is 0. The molecule has 1 aromatic heterocycles. The molecule has 0 spiro atoms. The molecule has 0 aliphatic carbocycles. The summed E-state index contributed by atoms with van der Waals surface area (Å²) >= 11 is 0. The third-order valence-electron chi connectivity index (χ3n) is 4.06. The van der Waals surface area contributed by atoms with E-state index in [-0.39, 0.29) is 11.9 Å². The standard InChI is InChI=1S/C17H18N4O/c18-10-13-4-3-9-21(12-13)17(22)20-11-14-7-8-19-16-6-2-1-5-15(14)16/h1-2,5-8,13H,3-4,9,11-12H2,(H,20,22). The number of hydrogen-bond donors (Lipinski definition) is 1. The lowest BCUT2D eigenvalue weighted by molar-refractivity contribution is 0.176. The number of amides is 2. The van der Waals surface area contributed by atoms with E-state index in [0.29, 0.717) is 13.1 Å². The van der Waals surface area contributed by atoms with E-state index in [2.05, 4.69) is 16.4 Å². The van der Waals surface area contributed by atoms with Crippen molar-refractivity contribution in [3.8, 4) is 6.07 Å². The number of hydrogen-bond acceptors (Lipinski definition) is 3. The lowest BCUT2D eigenvalue weighted by atomic mass is 10.0. The number of piperidine rings is 1. The number of para-hydroxylation sites is 1. The molecule has 22 heavy (non-hydrogen) atoms. The molecule has 112 valence electrons. The second kappa shape index (κ2) is 6.44. The average molecular weight is 294 g/mol. The minimum atomic E-state index is -0.0964. The van der Waals surface area contributed by atoms with E-state index in [0.717, 1.165) is 35.9 Å². The maximum absolute atomic E-state index is 12.3. The van der Waals surface area contributed by atoms with Crippen LogP contribution < -0.4 is 5.32 Å². The third-order valence-corrected chi connectivity index (χ3v) is 4.06. The number of carbonyl (C=O) groups excluding carboxylic acids is 1. The maximum atomic E-state index is 12.3. The van der Waals surface area contributed by atoms with Crippen molar-refractivity contribution in [2.45, 2.75) is 19.4 Å². The Labute approximate surface area is 129 Å². The molecule has 0 saturated carbocycles. The Kier molecular flexibility index (Phi) is 4.19. The van der Waals surface area contributed by atoms with Gasteiger partial charge in [0.25, 0.3) is 0 Å². The molecule has 2 heterocycles. The fourth-order valence-electron chi connectivity index (χ4n) is 2.86. The molecule has 0 bridgehead atoms. The summed E-state index contributed by atoms with van der Waals surface area (Å²) in [6.07, 6.45) is 3.54. The minimum Gasteiger partial charge on any atom is -0.334 e. The van der Waals surface area contributed by atoms with Crippen molar-refractivity contribution in [3.05, 3.63) is 42.1 Å². The van der Waals surface area contributed by atoms with Gasteiger partial charge in [0, 0.05) is 31.2 Å². The van der Waals surface area contributed by atoms with Gasteiger partial charge in [-0.3, -0.25) is 4.98 Å². The van der Waals surface area contributed by atoms with Crippen molar-refractivity contribution >= 4 is 16.9 Å². The van der Waals surface area contributed by atoms with Crippen LogP contribution in [0.25, 0.3) is 10.9 Å². The molecule has 5 heteroatoms. The summed E-state index contributed by atoms with van der Waals surface area (Å²) in [6.45, 7) is 1.72. The predicted octanol–water partition coefficient (Wildman–Crippen LogP) is 2.68. The molecule has 1 aliphatic rings. The van der Waals surface area contributed by atoms with E-state index in [1.54, 1.807) is 11.1 Å². The normalized spacial score (nSPS) is 18.0. The number of rotatable bonds is 2. The van der Waals surface area contributed by atoms with Crippen molar-refractivity contribution < 1.29 is 4.79 Å². The molecular weight excluding hydrogens is 276 g/mol. The summed E-state index contributed by atoms with van der Waals surface area (Å²) in [5, 5.41) is 13.0. The van der Waals surface area contributed by atoms with Gasteiger partial charge in [0.1, 0.15) is 0 Å². The smallest absolute Gasteiger partial charge is 0.317 e. The lowest BCUT2D eigenvalue weighted by Crippen LogP contribution is -2.45. The van der Waals surface area contributed by atoms with Gasteiger partial charge >= 0.3 is 6.03 Å². The summed E-state index contributed by atoms with van der Waals surface area (Å²) in [5.41, 5.74) is 1.98. The number of urea groups is 1. The van der Waals surface area contributed by atoms with Crippen molar-refractivity contribution in [2.24, 2.45) is 5.92 Å². The minimum absolute atomic E-state index is 0.0405. The first-order valence-corrected chi connectivity index (χ1v) is 7.53. The van der Waals surface area contributed by atoms with Crippen LogP contribution in [-0.2, 0) is 6.54 Å². The van der Waals surface area contributed by atoms with E-state index in [1.165, 1.54) is 0 Å². The van der Waals surface area contributed by atoms with Crippen LogP contribution in [0.5, 0.6) is 0 Å². The Morgan fingerprint density at radius 3 is 3.14 bits per heavy atom. The number of likely N-dealkylation sites (tertiary alicyclic amines) is 1. The predicted molar refractivity (Wildman–Crippen MR) is 83.9 cm³/mol. The van der Waals surface area contributed by atoms with Crippen LogP contribution in [0.1, 0.15) is 18.4 Å². The fourth-order valence-corrected chi connectivity index (χ4v) is 2.86. The number of carbonyl (C=O) groups is 1. The van der Waals surface area contributed by atoms with Gasteiger partial charge in [-0.05, 0) is 30.5 Å². The van der Waals surface area contributed by atoms with Crippen molar-refractivity contribution in [2.75, 3.05) is 13.1 Å². The number of nitrogens with zero attached hydrogens (tertiary/aromatic N) is 3. The van der Waals surface area contributed by atoms with Gasteiger partial charge in [0.05, 0.1) is 17.5 Å². The molecule has 5 nitrogen and oxygen atoms in total. The summed E-state index contributed by atoms with van der Waals surface area (Å²) in [4.78, 5) is 18.3. The van der Waals surface area contributed by atoms with Crippen LogP contribution in [0.15, 0.2) is 36.5 Å². The van der Waals surface area contributed by atoms with Gasteiger partial charge < -0.3 is 10.2 Å². The van der Waals surface area contributed by atoms with Crippen LogP contribution in [0.3, 0.4) is 0 Å². The Balaban J connectivity index is 1.66. The average Bonchev–Trinajstić information content (AvgIpc) is 2.59. The topological polar surface area (TPSA) is 69.0 Å². The van der Waals surface area contributed by atoms with Crippen molar-refractivity contribution in [3.63, 3.8) is 0 Å². The zero-order valence-corrected chi connectivity index (χ0v) is 12.3. The molecular formula is C17H18N4O. The number of benzene rings is 1. The number of pyridine rings is 1. The molecule has 1 atom stereocenters. The van der Waals surface area contributed by atoms with Gasteiger partial charge in [-0.25, -0.2) is 4.79 Å². The van der Waals surface area contributed by atoms with Gasteiger partial charge in [-0.15, -0.1) is 0 Å². The third kappa shape index (κ3) is 3.01. The number of fused-ring (bicyclic) bond motifs is 1. The Hall–Kier alpha value is -2.61. The number of aromatic nitrogens is 1. The summed E-state index contributed by atoms with van der Waals surface area (Å²) < 4.78 is 0. The Morgan fingerprint density at radius 1 is 1.41 bits per heavy atom. The lowest BCUT2D eigenvalue weighted by Gasteiger charge is -2.29. The van der Waals surface area contributed by atoms with Crippen molar-refractivity contribution in [1.29, 1.82) is 5.26 Å². The molecule has 1 aliphatic heterocycles. The van der Waals surface area contributed by atoms with Crippen LogP contribution in [0.2, 0.25) is 0 Å². The number of nitrogens with one attached hydrogen (secondary N) is 1. The van der Waals surface area contributed by atoms with Gasteiger partial charge in [-0.1, -0.05) is 18.2 Å². The van der Waals surface area contributed by atoms with E-state index in [4.69, 9.17) is 5.26 Å². The molecule has 1 saturated heterocycles. The molecule has 3 rings (SSSR count). The molecule has 1 N–H and O–H groups in total. The summed E-state index contributed by atoms with van der Waals surface area (Å²) in [6, 6.07) is 12.0. The summed E-state index contributed by atoms with van der Waals surface area (Å²) in [5.74, 6) is -0.0405. The first kappa shape index (κ1) is 14.3. The maximum Gasteiger partial charge on any atom is 0.317 e. The molecule has 0 radical (unpaired) electrons. The Bertz CT molecular complexity index is 717. The van der Waals surface area contributed by atoms with E-state index >= 15 is 0 Å². The highest BCUT2D eigenvalue weighted by Gasteiger charge is 2.23. The van der Waals surface area contributed by atoms with Gasteiger partial charge in [0.2, 0.25) is 0 Å². The first-order valence-electron chi connectivity index (χ1n) is 7.53. The van der Waals surface area contributed by atoms with E-state index in [9.17, 15) is 4.79 Å². The first-order chi connectivity index (χ1) is 10.8. The van der Waals surface area contributed by atoms with Crippen LogP contribution in [0.4, 0.5) is 4.79 Å². The highest BCUT2D eigenvalue weighted by Crippen LogP contribution is 2.17. The zero-order valence-electron chi connectivity index (χ0n) is 12.3. The molecule has 1 unspecified atom stereocenters. The molecule has 2 aromatic rings. The van der Waals surface area contributed by atoms with Crippen molar-refractivity contribution in [1.82, 2.24) is 15.2 Å². The van der Waals surface area contributed by atoms with E-state index < -0.39 is 0 Å². The van der Waals surface area contributed by atoms with Gasteiger partial charge in [0.15, 0.2) is 0 Å². The largest absolute Gasteiger partial charge is 0.334 e. The van der Waals surface area contributed by atoms with Crippen LogP contribution in [0, 0.1) is 17.2 Å². The fraction of sp³-hybridized carbons (Fsp3) is 0.353. The quantitative estimate of drug-likeness (QED) is 0.925. The molecule has 1 aromatic carbocycles. The SMILES string of the molecule is N#CC1CCCN(C(=O)NCc2ccnc3ccccc23)C1. The van der Waals surface area contributed by atoms with Crippen LogP contribution in [-0.4, -0.2) is 29.0 Å². The highest BCUT2D eigenvalue weighted by atomic mass is 16.2. The van der Waals surface area contributed by atoms with Crippen LogP contribution >= 0.6 is 0 Å². The van der Waals surface area contributed by atoms with E-state index in [1.807, 2.05) is 30.3 Å². The second-order valence-corrected chi connectivity index (χ2v) is 5.56. The highest BCUT2D eigenvalue weighted by molar-refractivity contribution is 5.82. The molecule has 2 amide bonds. The Morgan fingerprint density at radius 2 is 2.27 bits per heavy atom. The molecule has 1 fully saturated rings. The monoisotopic (exact) mass is 294 g/mol. The van der Waals surface area contributed by atoms with Gasteiger partial charge in [-0.2, -0.15) is 5.26 Å².